The Morgan fingerprint density at radius 1 is 1.08 bits per heavy atom. The zero-order chi connectivity index (χ0) is 26.0. The summed E-state index contributed by atoms with van der Waals surface area (Å²) in [5.41, 5.74) is 2.63. The quantitative estimate of drug-likeness (QED) is 0.213. The third kappa shape index (κ3) is 7.02. The average molecular weight is 502 g/mol. The number of methoxy groups -OCH3 is 1. The van der Waals surface area contributed by atoms with Crippen LogP contribution in [0.25, 0.3) is 11.3 Å². The Balaban J connectivity index is 1.69. The highest BCUT2D eigenvalue weighted by Crippen LogP contribution is 2.35. The Bertz CT molecular complexity index is 1300. The molecule has 0 spiro atoms. The Morgan fingerprint density at radius 2 is 1.89 bits per heavy atom. The molecule has 8 heteroatoms. The molecule has 0 amide bonds. The van der Waals surface area contributed by atoms with Gasteiger partial charge in [0.05, 0.1) is 38.2 Å². The number of hydrogen-bond acceptors (Lipinski definition) is 7. The third-order valence-electron chi connectivity index (χ3n) is 5.70. The summed E-state index contributed by atoms with van der Waals surface area (Å²) in [5.74, 6) is 5.11. The number of hydrogen-bond donors (Lipinski definition) is 1. The van der Waals surface area contributed by atoms with Gasteiger partial charge >= 0.3 is 0 Å². The zero-order valence-corrected chi connectivity index (χ0v) is 21.0. The molecule has 2 heterocycles. The van der Waals surface area contributed by atoms with Crippen LogP contribution in [0.1, 0.15) is 11.3 Å². The number of terminal acetylenes is 1. The molecule has 0 aliphatic rings. The first-order valence-electron chi connectivity index (χ1n) is 11.9. The summed E-state index contributed by atoms with van der Waals surface area (Å²) in [6.07, 6.45) is 6.16. The van der Waals surface area contributed by atoms with Gasteiger partial charge in [0.1, 0.15) is 29.6 Å². The van der Waals surface area contributed by atoms with E-state index in [9.17, 15) is 5.11 Å². The van der Waals surface area contributed by atoms with E-state index in [1.54, 1.807) is 18.1 Å². The first kappa shape index (κ1) is 26.0. The van der Waals surface area contributed by atoms with Crippen molar-refractivity contribution in [3.05, 3.63) is 84.3 Å². The number of aliphatic hydroxyl groups excluding tert-OH is 1. The van der Waals surface area contributed by atoms with Crippen LogP contribution < -0.4 is 9.47 Å². The van der Waals surface area contributed by atoms with Crippen molar-refractivity contribution in [2.24, 2.45) is 7.05 Å². The van der Waals surface area contributed by atoms with Crippen LogP contribution in [0.15, 0.2) is 77.4 Å². The summed E-state index contributed by atoms with van der Waals surface area (Å²) in [5, 5.41) is 15.5. The Morgan fingerprint density at radius 3 is 2.62 bits per heavy atom. The number of furan rings is 1. The molecule has 2 aromatic carbocycles. The van der Waals surface area contributed by atoms with Crippen LogP contribution >= 0.6 is 0 Å². The van der Waals surface area contributed by atoms with Crippen molar-refractivity contribution in [1.29, 1.82) is 0 Å². The minimum atomic E-state index is -0.747. The Labute approximate surface area is 217 Å². The van der Waals surface area contributed by atoms with E-state index >= 15 is 0 Å². The van der Waals surface area contributed by atoms with Crippen LogP contribution in [0.3, 0.4) is 0 Å². The Kier molecular flexibility index (Phi) is 9.00. The van der Waals surface area contributed by atoms with Gasteiger partial charge in [0.2, 0.25) is 5.88 Å². The van der Waals surface area contributed by atoms with Crippen molar-refractivity contribution in [3.63, 3.8) is 0 Å². The molecule has 0 bridgehead atoms. The van der Waals surface area contributed by atoms with E-state index in [4.69, 9.17) is 30.1 Å². The molecule has 1 atom stereocenters. The minimum absolute atomic E-state index is 0.130. The first-order valence-corrected chi connectivity index (χ1v) is 11.9. The predicted octanol–water partition coefficient (Wildman–Crippen LogP) is 4.49. The Hall–Kier alpha value is -4.03. The van der Waals surface area contributed by atoms with Gasteiger partial charge in [-0.3, -0.25) is 4.90 Å². The average Bonchev–Trinajstić information content (AvgIpc) is 3.53. The van der Waals surface area contributed by atoms with E-state index in [1.807, 2.05) is 73.8 Å². The molecule has 4 rings (SSSR count). The van der Waals surface area contributed by atoms with Crippen molar-refractivity contribution >= 4 is 0 Å². The molecule has 1 N–H and O–H groups in total. The molecule has 0 aliphatic heterocycles. The second-order valence-electron chi connectivity index (χ2n) is 8.53. The zero-order valence-electron chi connectivity index (χ0n) is 21.0. The summed E-state index contributed by atoms with van der Waals surface area (Å²) in [6.45, 7) is 1.51. The summed E-state index contributed by atoms with van der Waals surface area (Å²) < 4.78 is 24.4. The molecule has 0 saturated heterocycles. The largest absolute Gasteiger partial charge is 0.497 e. The van der Waals surface area contributed by atoms with Gasteiger partial charge in [-0.25, -0.2) is 4.68 Å². The molecular weight excluding hydrogens is 470 g/mol. The number of aromatic nitrogens is 2. The summed E-state index contributed by atoms with van der Waals surface area (Å²) in [4.78, 5) is 2.07. The molecule has 4 aromatic rings. The molecule has 37 heavy (non-hydrogen) atoms. The molecule has 192 valence electrons. The molecule has 2 aromatic heterocycles. The van der Waals surface area contributed by atoms with Crippen molar-refractivity contribution in [2.45, 2.75) is 19.2 Å². The van der Waals surface area contributed by atoms with Crippen LogP contribution in [-0.2, 0) is 24.9 Å². The summed E-state index contributed by atoms with van der Waals surface area (Å²) in [7, 11) is 3.47. The number of aryl methyl sites for hydroxylation is 1. The number of rotatable bonds is 13. The topological polar surface area (TPSA) is 82.1 Å². The minimum Gasteiger partial charge on any atom is -0.497 e. The lowest BCUT2D eigenvalue weighted by molar-refractivity contribution is 0.0229. The molecule has 0 aliphatic carbocycles. The fourth-order valence-corrected chi connectivity index (χ4v) is 4.06. The van der Waals surface area contributed by atoms with Crippen molar-refractivity contribution in [2.75, 3.05) is 26.9 Å². The maximum atomic E-state index is 10.7. The van der Waals surface area contributed by atoms with E-state index in [0.717, 1.165) is 22.6 Å². The molecule has 1 unspecified atom stereocenters. The van der Waals surface area contributed by atoms with E-state index < -0.39 is 6.10 Å². The van der Waals surface area contributed by atoms with Gasteiger partial charge in [0, 0.05) is 31.8 Å². The van der Waals surface area contributed by atoms with Crippen LogP contribution in [0, 0.1) is 12.3 Å². The molecular formula is C29H31N3O5. The third-order valence-corrected chi connectivity index (χ3v) is 5.70. The van der Waals surface area contributed by atoms with E-state index in [1.165, 1.54) is 0 Å². The van der Waals surface area contributed by atoms with Crippen LogP contribution in [0.2, 0.25) is 0 Å². The lowest BCUT2D eigenvalue weighted by atomic mass is 10.1. The standard InChI is InChI=1S/C29H31N3O5/c1-4-15-35-21-23(33)18-32(19-26-14-9-16-36-26)20-27-28(22-10-6-5-7-11-22)30-31(2)29(27)37-25-13-8-12-24(17-25)34-3/h1,5-14,16-17,23,33H,15,18-21H2,2-3H3. The molecule has 0 radical (unpaired) electrons. The van der Waals surface area contributed by atoms with Gasteiger partial charge in [0.15, 0.2) is 0 Å². The van der Waals surface area contributed by atoms with Gasteiger partial charge in [-0.05, 0) is 24.3 Å². The maximum Gasteiger partial charge on any atom is 0.222 e. The SMILES string of the molecule is C#CCOCC(O)CN(Cc1ccco1)Cc1c(-c2ccccc2)nn(C)c1Oc1cccc(OC)c1. The highest BCUT2D eigenvalue weighted by atomic mass is 16.5. The number of aliphatic hydroxyl groups is 1. The fourth-order valence-electron chi connectivity index (χ4n) is 4.06. The van der Waals surface area contributed by atoms with Gasteiger partial charge < -0.3 is 23.7 Å². The second kappa shape index (κ2) is 12.8. The van der Waals surface area contributed by atoms with Gasteiger partial charge in [-0.2, -0.15) is 5.10 Å². The second-order valence-corrected chi connectivity index (χ2v) is 8.53. The van der Waals surface area contributed by atoms with E-state index in [0.29, 0.717) is 37.0 Å². The van der Waals surface area contributed by atoms with Crippen molar-refractivity contribution in [3.8, 4) is 41.0 Å². The smallest absolute Gasteiger partial charge is 0.222 e. The first-order chi connectivity index (χ1) is 18.1. The van der Waals surface area contributed by atoms with E-state index in [-0.39, 0.29) is 13.2 Å². The number of ether oxygens (including phenoxy) is 3. The van der Waals surface area contributed by atoms with Crippen molar-refractivity contribution in [1.82, 2.24) is 14.7 Å². The summed E-state index contributed by atoms with van der Waals surface area (Å²) >= 11 is 0. The fraction of sp³-hybridized carbons (Fsp3) is 0.276. The molecule has 0 fully saturated rings. The highest BCUT2D eigenvalue weighted by Gasteiger charge is 2.24. The normalized spacial score (nSPS) is 11.9. The van der Waals surface area contributed by atoms with Crippen LogP contribution in [0.4, 0.5) is 0 Å². The lowest BCUT2D eigenvalue weighted by Gasteiger charge is -2.24. The van der Waals surface area contributed by atoms with E-state index in [2.05, 4.69) is 10.8 Å². The van der Waals surface area contributed by atoms with Gasteiger partial charge in [-0.1, -0.05) is 42.3 Å². The molecule has 8 nitrogen and oxygen atoms in total. The molecule has 0 saturated carbocycles. The van der Waals surface area contributed by atoms with Crippen LogP contribution in [0.5, 0.6) is 17.4 Å². The van der Waals surface area contributed by atoms with Gasteiger partial charge in [-0.15, -0.1) is 6.42 Å². The number of nitrogens with zero attached hydrogens (tertiary/aromatic N) is 3. The van der Waals surface area contributed by atoms with Gasteiger partial charge in [0.25, 0.3) is 0 Å². The van der Waals surface area contributed by atoms with Crippen LogP contribution in [-0.4, -0.2) is 52.8 Å². The highest BCUT2D eigenvalue weighted by molar-refractivity contribution is 5.65. The monoisotopic (exact) mass is 501 g/mol. The lowest BCUT2D eigenvalue weighted by Crippen LogP contribution is -2.34. The predicted molar refractivity (Wildman–Crippen MR) is 140 cm³/mol. The summed E-state index contributed by atoms with van der Waals surface area (Å²) in [6, 6.07) is 21.1. The van der Waals surface area contributed by atoms with Crippen molar-refractivity contribution < 1.29 is 23.7 Å². The maximum absolute atomic E-state index is 10.7. The number of benzene rings is 2.